The zero-order chi connectivity index (χ0) is 15.0. The highest BCUT2D eigenvalue weighted by Crippen LogP contribution is 2.27. The fraction of sp³-hybridized carbons (Fsp3) is 0.312. The van der Waals surface area contributed by atoms with Gasteiger partial charge < -0.3 is 0 Å². The Morgan fingerprint density at radius 3 is 2.81 bits per heavy atom. The molecule has 108 valence electrons. The first-order chi connectivity index (χ1) is 10.1. The largest absolute Gasteiger partial charge is 0.272 e. The minimum Gasteiger partial charge on any atom is -0.272 e. The third kappa shape index (κ3) is 2.46. The second-order valence-corrected chi connectivity index (χ2v) is 5.30. The lowest BCUT2D eigenvalue weighted by Gasteiger charge is -2.15. The molecule has 0 atom stereocenters. The van der Waals surface area contributed by atoms with E-state index in [1.165, 1.54) is 5.01 Å². The summed E-state index contributed by atoms with van der Waals surface area (Å²) in [5, 5.41) is 10.3. The first-order valence-electron chi connectivity index (χ1n) is 7.09. The average Bonchev–Trinajstić information content (AvgIpc) is 3.08. The Hall–Kier alpha value is -2.43. The number of aryl methyl sites for hydroxylation is 3. The van der Waals surface area contributed by atoms with Crippen molar-refractivity contribution in [1.29, 1.82) is 0 Å². The summed E-state index contributed by atoms with van der Waals surface area (Å²) in [5.74, 6) is 0.00273. The molecule has 1 amide bonds. The van der Waals surface area contributed by atoms with Crippen molar-refractivity contribution < 1.29 is 4.79 Å². The lowest BCUT2D eigenvalue weighted by molar-refractivity contribution is -0.116. The second kappa shape index (κ2) is 5.16. The molecule has 0 N–H and O–H groups in total. The van der Waals surface area contributed by atoms with Crippen LogP contribution in [0.4, 0.5) is 5.69 Å². The van der Waals surface area contributed by atoms with E-state index in [1.807, 2.05) is 49.8 Å². The van der Waals surface area contributed by atoms with Crippen molar-refractivity contribution >= 4 is 17.3 Å². The molecule has 2 aromatic rings. The van der Waals surface area contributed by atoms with Gasteiger partial charge in [0.05, 0.1) is 24.0 Å². The summed E-state index contributed by atoms with van der Waals surface area (Å²) in [6, 6.07) is 6.05. The van der Waals surface area contributed by atoms with Gasteiger partial charge in [-0.25, -0.2) is 0 Å². The van der Waals surface area contributed by atoms with Gasteiger partial charge in [0.15, 0.2) is 0 Å². The number of carbonyl (C=O) groups excluding carboxylic acids is 1. The molecule has 0 spiro atoms. The number of rotatable bonds is 3. The predicted molar refractivity (Wildman–Crippen MR) is 82.5 cm³/mol. The Kier molecular flexibility index (Phi) is 3.33. The van der Waals surface area contributed by atoms with E-state index in [9.17, 15) is 4.79 Å². The summed E-state index contributed by atoms with van der Waals surface area (Å²) < 4.78 is 1.84. The fourth-order valence-electron chi connectivity index (χ4n) is 2.41. The Bertz CT molecular complexity index is 730. The quantitative estimate of drug-likeness (QED) is 0.869. The van der Waals surface area contributed by atoms with Gasteiger partial charge in [-0.2, -0.15) is 15.2 Å². The van der Waals surface area contributed by atoms with Gasteiger partial charge in [0, 0.05) is 18.3 Å². The van der Waals surface area contributed by atoms with Crippen LogP contribution in [0, 0.1) is 13.8 Å². The van der Waals surface area contributed by atoms with Crippen molar-refractivity contribution in [2.45, 2.75) is 33.7 Å². The molecule has 0 aliphatic carbocycles. The van der Waals surface area contributed by atoms with Crippen LogP contribution in [-0.2, 0) is 11.3 Å². The highest BCUT2D eigenvalue weighted by molar-refractivity contribution is 6.19. The first kappa shape index (κ1) is 13.5. The predicted octanol–water partition coefficient (Wildman–Crippen LogP) is 2.66. The molecule has 1 aliphatic rings. The molecule has 21 heavy (non-hydrogen) atoms. The van der Waals surface area contributed by atoms with Gasteiger partial charge >= 0.3 is 0 Å². The van der Waals surface area contributed by atoms with E-state index in [1.54, 1.807) is 6.20 Å². The number of aromatic nitrogens is 2. The third-order valence-corrected chi connectivity index (χ3v) is 3.66. The SMILES string of the molecule is CCn1cc(C2=NN(c3cc(C)ccc3C)C(=O)C2)cn1. The van der Waals surface area contributed by atoms with Crippen molar-refractivity contribution in [1.82, 2.24) is 9.78 Å². The number of hydrogen-bond acceptors (Lipinski definition) is 3. The summed E-state index contributed by atoms with van der Waals surface area (Å²) >= 11 is 0. The molecule has 0 saturated heterocycles. The molecule has 0 unspecified atom stereocenters. The smallest absolute Gasteiger partial charge is 0.253 e. The van der Waals surface area contributed by atoms with Crippen LogP contribution < -0.4 is 5.01 Å². The Morgan fingerprint density at radius 1 is 1.29 bits per heavy atom. The molecule has 0 radical (unpaired) electrons. The summed E-state index contributed by atoms with van der Waals surface area (Å²) in [6.45, 7) is 6.84. The van der Waals surface area contributed by atoms with Gasteiger partial charge in [-0.05, 0) is 38.0 Å². The van der Waals surface area contributed by atoms with Crippen molar-refractivity contribution in [2.24, 2.45) is 5.10 Å². The lowest BCUT2D eigenvalue weighted by Crippen LogP contribution is -2.20. The van der Waals surface area contributed by atoms with Crippen LogP contribution in [0.2, 0.25) is 0 Å². The number of nitrogens with zero attached hydrogens (tertiary/aromatic N) is 4. The maximum Gasteiger partial charge on any atom is 0.253 e. The number of hydrazone groups is 1. The minimum atomic E-state index is 0.00273. The maximum absolute atomic E-state index is 12.3. The molecular formula is C16H18N4O. The topological polar surface area (TPSA) is 50.5 Å². The van der Waals surface area contributed by atoms with Gasteiger partial charge in [-0.3, -0.25) is 9.48 Å². The number of hydrogen-bond donors (Lipinski definition) is 0. The first-order valence-corrected chi connectivity index (χ1v) is 7.09. The number of anilines is 1. The van der Waals surface area contributed by atoms with Crippen LogP contribution >= 0.6 is 0 Å². The van der Waals surface area contributed by atoms with Crippen molar-refractivity contribution in [3.63, 3.8) is 0 Å². The number of amides is 1. The van der Waals surface area contributed by atoms with E-state index < -0.39 is 0 Å². The van der Waals surface area contributed by atoms with E-state index in [-0.39, 0.29) is 5.91 Å². The zero-order valence-electron chi connectivity index (χ0n) is 12.5. The summed E-state index contributed by atoms with van der Waals surface area (Å²) in [4.78, 5) is 12.3. The minimum absolute atomic E-state index is 0.00273. The second-order valence-electron chi connectivity index (χ2n) is 5.30. The van der Waals surface area contributed by atoms with Gasteiger partial charge in [0.1, 0.15) is 0 Å². The Labute approximate surface area is 123 Å². The van der Waals surface area contributed by atoms with Crippen LogP contribution in [0.3, 0.4) is 0 Å². The number of benzene rings is 1. The van der Waals surface area contributed by atoms with Crippen LogP contribution in [0.15, 0.2) is 35.7 Å². The molecule has 1 aliphatic heterocycles. The van der Waals surface area contributed by atoms with Crippen molar-refractivity contribution in [3.05, 3.63) is 47.3 Å². The molecule has 5 heteroatoms. The lowest BCUT2D eigenvalue weighted by atomic mass is 10.1. The highest BCUT2D eigenvalue weighted by atomic mass is 16.2. The van der Waals surface area contributed by atoms with Crippen LogP contribution in [0.5, 0.6) is 0 Å². The van der Waals surface area contributed by atoms with Crippen LogP contribution in [-0.4, -0.2) is 21.4 Å². The van der Waals surface area contributed by atoms with Crippen LogP contribution in [0.25, 0.3) is 0 Å². The average molecular weight is 282 g/mol. The van der Waals surface area contributed by atoms with Gasteiger partial charge in [0.2, 0.25) is 0 Å². The van der Waals surface area contributed by atoms with Gasteiger partial charge in [-0.1, -0.05) is 12.1 Å². The van der Waals surface area contributed by atoms with Gasteiger partial charge in [-0.15, -0.1) is 0 Å². The van der Waals surface area contributed by atoms with E-state index in [0.717, 1.165) is 34.6 Å². The van der Waals surface area contributed by atoms with Crippen molar-refractivity contribution in [3.8, 4) is 0 Å². The van der Waals surface area contributed by atoms with Crippen molar-refractivity contribution in [2.75, 3.05) is 5.01 Å². The standard InChI is InChI=1S/C16H18N4O/c1-4-19-10-13(9-17-19)14-8-16(21)20(18-14)15-7-11(2)5-6-12(15)3/h5-7,9-10H,4,8H2,1-3H3. The Morgan fingerprint density at radius 2 is 2.10 bits per heavy atom. The molecule has 1 aromatic carbocycles. The van der Waals surface area contributed by atoms with E-state index in [4.69, 9.17) is 0 Å². The van der Waals surface area contributed by atoms with E-state index >= 15 is 0 Å². The zero-order valence-corrected chi connectivity index (χ0v) is 12.5. The van der Waals surface area contributed by atoms with Gasteiger partial charge in [0.25, 0.3) is 5.91 Å². The monoisotopic (exact) mass is 282 g/mol. The van der Waals surface area contributed by atoms with Crippen LogP contribution in [0.1, 0.15) is 30.0 Å². The highest BCUT2D eigenvalue weighted by Gasteiger charge is 2.27. The molecule has 0 fully saturated rings. The summed E-state index contributed by atoms with van der Waals surface area (Å²) in [6.07, 6.45) is 4.02. The third-order valence-electron chi connectivity index (χ3n) is 3.66. The van der Waals surface area contributed by atoms with E-state index in [2.05, 4.69) is 10.2 Å². The maximum atomic E-state index is 12.3. The summed E-state index contributed by atoms with van der Waals surface area (Å²) in [7, 11) is 0. The number of carbonyl (C=O) groups is 1. The molecule has 3 rings (SSSR count). The Balaban J connectivity index is 1.97. The fourth-order valence-corrected chi connectivity index (χ4v) is 2.41. The summed E-state index contributed by atoms with van der Waals surface area (Å²) in [5.41, 5.74) is 4.71. The van der Waals surface area contributed by atoms with E-state index in [0.29, 0.717) is 6.42 Å². The molecule has 1 aromatic heterocycles. The molecule has 2 heterocycles. The normalized spacial score (nSPS) is 14.7. The molecule has 0 saturated carbocycles. The molecule has 0 bridgehead atoms. The molecular weight excluding hydrogens is 264 g/mol. The molecule has 5 nitrogen and oxygen atoms in total.